The first-order valence-corrected chi connectivity index (χ1v) is 14.6. The highest BCUT2D eigenvalue weighted by Crippen LogP contribution is 2.37. The summed E-state index contributed by atoms with van der Waals surface area (Å²) >= 11 is 0. The molecule has 8 aromatic rings. The minimum Gasteiger partial charge on any atom is -0.459 e. The van der Waals surface area contributed by atoms with Crippen LogP contribution in [0, 0.1) is 0 Å². The molecule has 0 aliphatic carbocycles. The van der Waals surface area contributed by atoms with Crippen LogP contribution < -0.4 is 5.32 Å². The van der Waals surface area contributed by atoms with Crippen LogP contribution in [0.2, 0.25) is 0 Å². The highest BCUT2D eigenvalue weighted by Gasteiger charge is 2.25. The van der Waals surface area contributed by atoms with Gasteiger partial charge in [-0.05, 0) is 35.4 Å². The Hall–Kier alpha value is -6.01. The fourth-order valence-electron chi connectivity index (χ4n) is 6.07. The van der Waals surface area contributed by atoms with Gasteiger partial charge in [0.2, 0.25) is 0 Å². The van der Waals surface area contributed by atoms with Crippen molar-refractivity contribution in [3.05, 3.63) is 145 Å². The zero-order chi connectivity index (χ0) is 29.0. The van der Waals surface area contributed by atoms with Crippen LogP contribution in [0.3, 0.4) is 0 Å². The number of nitrogens with zero attached hydrogens (tertiary/aromatic N) is 3. The molecule has 1 N–H and O–H groups in total. The number of para-hydroxylation sites is 2. The van der Waals surface area contributed by atoms with Gasteiger partial charge in [0.15, 0.2) is 17.5 Å². The summed E-state index contributed by atoms with van der Waals surface area (Å²) in [6.07, 6.45) is 1.98. The lowest BCUT2D eigenvalue weighted by Crippen LogP contribution is -2.14. The second kappa shape index (κ2) is 9.78. The molecule has 0 spiro atoms. The molecule has 0 saturated heterocycles. The minimum absolute atomic E-state index is 0.570. The van der Waals surface area contributed by atoms with Crippen LogP contribution in [0.15, 0.2) is 136 Å². The molecule has 6 heteroatoms. The van der Waals surface area contributed by atoms with Gasteiger partial charge in [-0.1, -0.05) is 97.1 Å². The van der Waals surface area contributed by atoms with E-state index in [4.69, 9.17) is 23.8 Å². The van der Waals surface area contributed by atoms with Gasteiger partial charge < -0.3 is 14.2 Å². The summed E-state index contributed by atoms with van der Waals surface area (Å²) in [6.45, 7) is 0.599. The van der Waals surface area contributed by atoms with Gasteiger partial charge in [0.1, 0.15) is 22.5 Å². The molecule has 0 amide bonds. The first-order chi connectivity index (χ1) is 21.8. The second-order valence-electron chi connectivity index (χ2n) is 10.9. The van der Waals surface area contributed by atoms with E-state index in [0.717, 1.165) is 72.1 Å². The Balaban J connectivity index is 1.22. The van der Waals surface area contributed by atoms with Gasteiger partial charge in [-0.25, -0.2) is 15.0 Å². The Bertz CT molecular complexity index is 2380. The van der Waals surface area contributed by atoms with E-state index in [-0.39, 0.29) is 0 Å². The summed E-state index contributed by atoms with van der Waals surface area (Å²) < 4.78 is 12.4. The van der Waals surface area contributed by atoms with E-state index < -0.39 is 0 Å². The van der Waals surface area contributed by atoms with Crippen LogP contribution in [-0.4, -0.2) is 15.0 Å². The van der Waals surface area contributed by atoms with Gasteiger partial charge in [-0.15, -0.1) is 0 Å². The highest BCUT2D eigenvalue weighted by atomic mass is 16.3. The van der Waals surface area contributed by atoms with Crippen molar-refractivity contribution in [2.45, 2.75) is 6.54 Å². The molecule has 3 aromatic heterocycles. The fraction of sp³-hybridized carbons (Fsp3) is 0.0263. The van der Waals surface area contributed by atoms with Crippen LogP contribution in [-0.2, 0) is 6.54 Å². The molecule has 44 heavy (non-hydrogen) atoms. The van der Waals surface area contributed by atoms with Crippen LogP contribution >= 0.6 is 0 Å². The Morgan fingerprint density at radius 2 is 1.07 bits per heavy atom. The van der Waals surface area contributed by atoms with E-state index in [0.29, 0.717) is 24.0 Å². The number of fused-ring (bicyclic) bond motifs is 6. The Morgan fingerprint density at radius 1 is 0.477 bits per heavy atom. The molecule has 5 aromatic carbocycles. The predicted molar refractivity (Wildman–Crippen MR) is 174 cm³/mol. The molecule has 6 nitrogen and oxygen atoms in total. The van der Waals surface area contributed by atoms with Crippen molar-refractivity contribution in [3.63, 3.8) is 0 Å². The third-order valence-corrected chi connectivity index (χ3v) is 8.21. The van der Waals surface area contributed by atoms with Crippen LogP contribution in [0.25, 0.3) is 72.4 Å². The maximum Gasteiger partial charge on any atom is 0.166 e. The van der Waals surface area contributed by atoms with Crippen molar-refractivity contribution in [3.8, 4) is 33.9 Å². The van der Waals surface area contributed by atoms with Gasteiger partial charge in [-0.3, -0.25) is 0 Å². The van der Waals surface area contributed by atoms with Gasteiger partial charge in [0.25, 0.3) is 0 Å². The average molecular weight is 569 g/mol. The molecular formula is C38H24N4O2. The normalized spacial score (nSPS) is 12.8. The summed E-state index contributed by atoms with van der Waals surface area (Å²) in [7, 11) is 0. The summed E-state index contributed by atoms with van der Waals surface area (Å²) in [4.78, 5) is 15.1. The summed E-state index contributed by atoms with van der Waals surface area (Å²) in [5.74, 6) is 2.60. The van der Waals surface area contributed by atoms with Crippen molar-refractivity contribution in [2.75, 3.05) is 0 Å². The molecule has 9 rings (SSSR count). The Kier molecular flexibility index (Phi) is 5.46. The van der Waals surface area contributed by atoms with E-state index in [1.54, 1.807) is 0 Å². The van der Waals surface area contributed by atoms with E-state index in [9.17, 15) is 0 Å². The minimum atomic E-state index is 0.570. The smallest absolute Gasteiger partial charge is 0.166 e. The predicted octanol–water partition coefficient (Wildman–Crippen LogP) is 9.01. The molecule has 1 aliphatic rings. The van der Waals surface area contributed by atoms with Crippen molar-refractivity contribution < 1.29 is 8.83 Å². The fourth-order valence-corrected chi connectivity index (χ4v) is 6.07. The average Bonchev–Trinajstić information content (AvgIpc) is 3.66. The number of aromatic nitrogens is 3. The Labute approximate surface area is 252 Å². The molecule has 0 radical (unpaired) electrons. The molecule has 0 bridgehead atoms. The van der Waals surface area contributed by atoms with Gasteiger partial charge >= 0.3 is 0 Å². The third-order valence-electron chi connectivity index (χ3n) is 8.21. The monoisotopic (exact) mass is 568 g/mol. The van der Waals surface area contributed by atoms with Crippen LogP contribution in [0.1, 0.15) is 17.1 Å². The number of hydrogen-bond donors (Lipinski definition) is 1. The molecule has 1 aliphatic heterocycles. The molecule has 0 atom stereocenters. The highest BCUT2D eigenvalue weighted by molar-refractivity contribution is 6.05. The molecule has 208 valence electrons. The number of rotatable bonds is 4. The molecule has 0 unspecified atom stereocenters. The van der Waals surface area contributed by atoms with Crippen molar-refractivity contribution in [1.82, 2.24) is 20.3 Å². The lowest BCUT2D eigenvalue weighted by molar-refractivity contribution is 0.531. The van der Waals surface area contributed by atoms with E-state index in [2.05, 4.69) is 66.0 Å². The lowest BCUT2D eigenvalue weighted by atomic mass is 9.99. The van der Waals surface area contributed by atoms with Crippen LogP contribution in [0.5, 0.6) is 0 Å². The zero-order valence-electron chi connectivity index (χ0n) is 23.5. The SMILES string of the molecule is C1=C(c2nc(-c3ccc(-c4ccccc4)cc3)nc(-c3ccc4c(c3)oc3ccccc34)n2)c2c(oc3ccccc23)CN1. The van der Waals surface area contributed by atoms with E-state index in [1.165, 1.54) is 0 Å². The molecule has 0 saturated carbocycles. The maximum absolute atomic E-state index is 6.22. The lowest BCUT2D eigenvalue weighted by Gasteiger charge is -2.15. The standard InChI is InChI=1S/C38H24N4O2/c1-2-8-23(9-3-1)24-14-16-25(17-15-24)36-40-37(26-18-19-28-27-10-4-6-12-31(27)43-33(28)20-26)42-38(41-36)30-21-39-22-34-35(30)29-11-5-7-13-32(29)44-34/h1-21,39H,22H2. The largest absolute Gasteiger partial charge is 0.459 e. The van der Waals surface area contributed by atoms with Crippen molar-refractivity contribution in [2.24, 2.45) is 0 Å². The van der Waals surface area contributed by atoms with E-state index in [1.807, 2.05) is 66.9 Å². The first-order valence-electron chi connectivity index (χ1n) is 14.6. The Morgan fingerprint density at radius 3 is 1.89 bits per heavy atom. The number of furan rings is 2. The topological polar surface area (TPSA) is 77.0 Å². The second-order valence-corrected chi connectivity index (χ2v) is 10.9. The quantitative estimate of drug-likeness (QED) is 0.228. The molecule has 4 heterocycles. The van der Waals surface area contributed by atoms with Crippen LogP contribution in [0.4, 0.5) is 0 Å². The summed E-state index contributed by atoms with van der Waals surface area (Å²) in [5, 5.41) is 6.54. The zero-order valence-corrected chi connectivity index (χ0v) is 23.5. The summed E-state index contributed by atoms with van der Waals surface area (Å²) in [6, 6.07) is 41.0. The van der Waals surface area contributed by atoms with Gasteiger partial charge in [-0.2, -0.15) is 0 Å². The third kappa shape index (κ3) is 4.00. The number of hydrogen-bond acceptors (Lipinski definition) is 6. The number of nitrogens with one attached hydrogen (secondary N) is 1. The summed E-state index contributed by atoms with van der Waals surface area (Å²) in [5.41, 5.74) is 8.41. The van der Waals surface area contributed by atoms with Crippen molar-refractivity contribution in [1.29, 1.82) is 0 Å². The van der Waals surface area contributed by atoms with Crippen molar-refractivity contribution >= 4 is 38.5 Å². The molecule has 0 fully saturated rings. The molecular weight excluding hydrogens is 544 g/mol. The van der Waals surface area contributed by atoms with Gasteiger partial charge in [0.05, 0.1) is 6.54 Å². The maximum atomic E-state index is 6.22. The number of benzene rings is 5. The van der Waals surface area contributed by atoms with E-state index >= 15 is 0 Å². The first kappa shape index (κ1) is 24.6. The van der Waals surface area contributed by atoms with Gasteiger partial charge in [0, 0.05) is 44.6 Å².